The molecule has 0 aromatic carbocycles. The summed E-state index contributed by atoms with van der Waals surface area (Å²) in [6.45, 7) is 12.3. The molecule has 0 fully saturated rings. The van der Waals surface area contributed by atoms with Crippen LogP contribution in [0.3, 0.4) is 0 Å². The Hall–Kier alpha value is -0.830. The van der Waals surface area contributed by atoms with E-state index in [1.165, 1.54) is 30.6 Å². The molecule has 1 aliphatic rings. The summed E-state index contributed by atoms with van der Waals surface area (Å²) < 4.78 is 2.21. The molecule has 0 saturated heterocycles. The van der Waals surface area contributed by atoms with Crippen molar-refractivity contribution in [3.63, 3.8) is 0 Å². The van der Waals surface area contributed by atoms with Crippen molar-refractivity contribution in [2.75, 3.05) is 13.1 Å². The maximum absolute atomic E-state index is 4.57. The predicted octanol–water partition coefficient (Wildman–Crippen LogP) is 2.41. The van der Waals surface area contributed by atoms with Gasteiger partial charge in [-0.3, -0.25) is 9.58 Å². The van der Waals surface area contributed by atoms with E-state index in [1.54, 1.807) is 0 Å². The predicted molar refractivity (Wildman–Crippen MR) is 66.5 cm³/mol. The Bertz CT molecular complexity index is 360. The van der Waals surface area contributed by atoms with E-state index in [-0.39, 0.29) is 5.54 Å². The SMILES string of the molecule is CCN1CCCc2c(cnn2C(C)(C)C)C1. The Kier molecular flexibility index (Phi) is 3.06. The molecule has 90 valence electrons. The highest BCUT2D eigenvalue weighted by Crippen LogP contribution is 2.23. The second-order valence-corrected chi connectivity index (χ2v) is 5.67. The molecule has 0 saturated carbocycles. The molecule has 3 heteroatoms. The lowest BCUT2D eigenvalue weighted by Gasteiger charge is -2.22. The van der Waals surface area contributed by atoms with Crippen LogP contribution in [0.4, 0.5) is 0 Å². The second kappa shape index (κ2) is 4.21. The Morgan fingerprint density at radius 1 is 1.38 bits per heavy atom. The summed E-state index contributed by atoms with van der Waals surface area (Å²) in [6, 6.07) is 0. The molecule has 1 aliphatic heterocycles. The van der Waals surface area contributed by atoms with E-state index in [0.717, 1.165) is 13.1 Å². The van der Waals surface area contributed by atoms with Gasteiger partial charge < -0.3 is 0 Å². The Labute approximate surface area is 98.4 Å². The number of nitrogens with zero attached hydrogens (tertiary/aromatic N) is 3. The summed E-state index contributed by atoms with van der Waals surface area (Å²) in [4.78, 5) is 2.50. The van der Waals surface area contributed by atoms with Crippen LogP contribution >= 0.6 is 0 Å². The third-order valence-electron chi connectivity index (χ3n) is 3.32. The molecule has 16 heavy (non-hydrogen) atoms. The summed E-state index contributed by atoms with van der Waals surface area (Å²) in [5, 5.41) is 4.57. The first-order valence-corrected chi connectivity index (χ1v) is 6.31. The smallest absolute Gasteiger partial charge is 0.0546 e. The van der Waals surface area contributed by atoms with Gasteiger partial charge in [0.2, 0.25) is 0 Å². The topological polar surface area (TPSA) is 21.1 Å². The van der Waals surface area contributed by atoms with Gasteiger partial charge in [0.05, 0.1) is 11.7 Å². The van der Waals surface area contributed by atoms with E-state index in [2.05, 4.69) is 48.6 Å². The van der Waals surface area contributed by atoms with Gasteiger partial charge in [0.25, 0.3) is 0 Å². The number of fused-ring (bicyclic) bond motifs is 1. The van der Waals surface area contributed by atoms with Gasteiger partial charge in [0.15, 0.2) is 0 Å². The molecule has 1 aromatic heterocycles. The average molecular weight is 221 g/mol. The number of hydrogen-bond donors (Lipinski definition) is 0. The zero-order valence-electron chi connectivity index (χ0n) is 11.0. The van der Waals surface area contributed by atoms with E-state index < -0.39 is 0 Å². The third kappa shape index (κ3) is 2.14. The molecule has 0 unspecified atom stereocenters. The molecular formula is C13H23N3. The molecular weight excluding hydrogens is 198 g/mol. The molecule has 2 heterocycles. The van der Waals surface area contributed by atoms with Gasteiger partial charge in [-0.25, -0.2) is 0 Å². The van der Waals surface area contributed by atoms with E-state index in [1.807, 2.05) is 0 Å². The largest absolute Gasteiger partial charge is 0.299 e. The minimum absolute atomic E-state index is 0.106. The van der Waals surface area contributed by atoms with Crippen LogP contribution in [0.15, 0.2) is 6.20 Å². The molecule has 0 N–H and O–H groups in total. The summed E-state index contributed by atoms with van der Waals surface area (Å²) in [6.07, 6.45) is 4.49. The quantitative estimate of drug-likeness (QED) is 0.726. The van der Waals surface area contributed by atoms with Crippen LogP contribution in [-0.4, -0.2) is 27.8 Å². The fourth-order valence-electron chi connectivity index (χ4n) is 2.44. The summed E-state index contributed by atoms with van der Waals surface area (Å²) in [5.74, 6) is 0. The lowest BCUT2D eigenvalue weighted by molar-refractivity contribution is 0.284. The highest BCUT2D eigenvalue weighted by atomic mass is 15.3. The van der Waals surface area contributed by atoms with Gasteiger partial charge in [-0.1, -0.05) is 6.92 Å². The minimum atomic E-state index is 0.106. The zero-order valence-corrected chi connectivity index (χ0v) is 11.0. The van der Waals surface area contributed by atoms with Gasteiger partial charge in [-0.15, -0.1) is 0 Å². The van der Waals surface area contributed by atoms with Crippen LogP contribution in [0.2, 0.25) is 0 Å². The van der Waals surface area contributed by atoms with E-state index in [0.29, 0.717) is 0 Å². The first-order valence-electron chi connectivity index (χ1n) is 6.31. The standard InChI is InChI=1S/C13H23N3/c1-5-15-8-6-7-12-11(10-15)9-14-16(12)13(2,3)4/h9H,5-8,10H2,1-4H3. The van der Waals surface area contributed by atoms with Gasteiger partial charge in [-0.2, -0.15) is 5.10 Å². The normalized spacial score (nSPS) is 18.2. The van der Waals surface area contributed by atoms with Crippen molar-refractivity contribution in [3.05, 3.63) is 17.5 Å². The molecule has 0 aliphatic carbocycles. The highest BCUT2D eigenvalue weighted by Gasteiger charge is 2.23. The molecule has 2 rings (SSSR count). The minimum Gasteiger partial charge on any atom is -0.299 e. The van der Waals surface area contributed by atoms with Gasteiger partial charge in [0.1, 0.15) is 0 Å². The fraction of sp³-hybridized carbons (Fsp3) is 0.769. The van der Waals surface area contributed by atoms with E-state index in [9.17, 15) is 0 Å². The number of rotatable bonds is 1. The molecule has 0 amide bonds. The number of aromatic nitrogens is 2. The highest BCUT2D eigenvalue weighted by molar-refractivity contribution is 5.20. The van der Waals surface area contributed by atoms with Crippen molar-refractivity contribution in [3.8, 4) is 0 Å². The fourth-order valence-corrected chi connectivity index (χ4v) is 2.44. The first-order chi connectivity index (χ1) is 7.52. The van der Waals surface area contributed by atoms with Crippen molar-refractivity contribution in [1.29, 1.82) is 0 Å². The third-order valence-corrected chi connectivity index (χ3v) is 3.32. The van der Waals surface area contributed by atoms with Gasteiger partial charge in [-0.05, 0) is 46.7 Å². The molecule has 3 nitrogen and oxygen atoms in total. The second-order valence-electron chi connectivity index (χ2n) is 5.67. The van der Waals surface area contributed by atoms with Crippen molar-refractivity contribution in [2.24, 2.45) is 0 Å². The Morgan fingerprint density at radius 2 is 2.12 bits per heavy atom. The van der Waals surface area contributed by atoms with E-state index in [4.69, 9.17) is 0 Å². The summed E-state index contributed by atoms with van der Waals surface area (Å²) in [5.41, 5.74) is 2.98. The van der Waals surface area contributed by atoms with Crippen LogP contribution in [0.5, 0.6) is 0 Å². The monoisotopic (exact) mass is 221 g/mol. The van der Waals surface area contributed by atoms with Crippen LogP contribution in [-0.2, 0) is 18.5 Å². The van der Waals surface area contributed by atoms with Crippen molar-refractivity contribution in [1.82, 2.24) is 14.7 Å². The van der Waals surface area contributed by atoms with E-state index >= 15 is 0 Å². The van der Waals surface area contributed by atoms with Crippen LogP contribution in [0.1, 0.15) is 45.4 Å². The molecule has 1 aromatic rings. The van der Waals surface area contributed by atoms with Crippen LogP contribution < -0.4 is 0 Å². The Morgan fingerprint density at radius 3 is 2.75 bits per heavy atom. The maximum Gasteiger partial charge on any atom is 0.0546 e. The summed E-state index contributed by atoms with van der Waals surface area (Å²) in [7, 11) is 0. The van der Waals surface area contributed by atoms with Gasteiger partial charge in [0, 0.05) is 17.8 Å². The van der Waals surface area contributed by atoms with Crippen LogP contribution in [0, 0.1) is 0 Å². The summed E-state index contributed by atoms with van der Waals surface area (Å²) >= 11 is 0. The van der Waals surface area contributed by atoms with Crippen molar-refractivity contribution in [2.45, 2.75) is 52.6 Å². The molecule has 0 spiro atoms. The molecule has 0 radical (unpaired) electrons. The lowest BCUT2D eigenvalue weighted by atomic mass is 10.1. The molecule has 0 atom stereocenters. The number of hydrogen-bond acceptors (Lipinski definition) is 2. The Balaban J connectivity index is 2.32. The maximum atomic E-state index is 4.57. The van der Waals surface area contributed by atoms with Crippen molar-refractivity contribution < 1.29 is 0 Å². The van der Waals surface area contributed by atoms with Crippen molar-refractivity contribution >= 4 is 0 Å². The zero-order chi connectivity index (χ0) is 11.8. The average Bonchev–Trinajstić information content (AvgIpc) is 2.49. The molecule has 0 bridgehead atoms. The first kappa shape index (κ1) is 11.6. The van der Waals surface area contributed by atoms with Crippen LogP contribution in [0.25, 0.3) is 0 Å². The lowest BCUT2D eigenvalue weighted by Crippen LogP contribution is -2.25. The van der Waals surface area contributed by atoms with Gasteiger partial charge >= 0.3 is 0 Å².